The number of rotatable bonds is 4. The molecule has 0 bridgehead atoms. The number of hydrogen-bond donors (Lipinski definition) is 1. The van der Waals surface area contributed by atoms with Gasteiger partial charge in [0.15, 0.2) is 11.6 Å². The van der Waals surface area contributed by atoms with Crippen molar-refractivity contribution >= 4 is 5.91 Å². The van der Waals surface area contributed by atoms with Crippen LogP contribution in [-0.2, 0) is 4.79 Å². The molecule has 0 spiro atoms. The number of carbonyl (C=O) groups is 1. The molecule has 114 valence electrons. The van der Waals surface area contributed by atoms with Crippen LogP contribution < -0.4 is 0 Å². The number of nitrogens with zero attached hydrogens (tertiary/aromatic N) is 1. The maximum Gasteiger partial charge on any atom is 0.227 e. The van der Waals surface area contributed by atoms with Crippen LogP contribution in [0.1, 0.15) is 37.3 Å². The van der Waals surface area contributed by atoms with Crippen LogP contribution in [0.15, 0.2) is 30.9 Å². The van der Waals surface area contributed by atoms with E-state index < -0.39 is 11.6 Å². The van der Waals surface area contributed by atoms with Gasteiger partial charge in [-0.25, -0.2) is 8.78 Å². The Morgan fingerprint density at radius 2 is 2.14 bits per heavy atom. The lowest BCUT2D eigenvalue weighted by molar-refractivity contribution is -0.139. The summed E-state index contributed by atoms with van der Waals surface area (Å²) in [6.45, 7) is 3.41. The van der Waals surface area contributed by atoms with E-state index in [0.717, 1.165) is 18.6 Å². The molecule has 2 unspecified atom stereocenters. The quantitative estimate of drug-likeness (QED) is 0.868. The van der Waals surface area contributed by atoms with Crippen LogP contribution in [0.5, 0.6) is 0 Å². The van der Waals surface area contributed by atoms with Crippen molar-refractivity contribution in [1.82, 2.24) is 4.90 Å². The molecule has 1 saturated heterocycles. The van der Waals surface area contributed by atoms with E-state index >= 15 is 0 Å². The van der Waals surface area contributed by atoms with E-state index in [-0.39, 0.29) is 31.0 Å². The molecule has 1 aromatic carbocycles. The minimum Gasteiger partial charge on any atom is -0.394 e. The summed E-state index contributed by atoms with van der Waals surface area (Å²) in [7, 11) is 0. The molecule has 0 aromatic heterocycles. The fourth-order valence-electron chi connectivity index (χ4n) is 2.91. The van der Waals surface area contributed by atoms with E-state index in [1.54, 1.807) is 4.90 Å². The number of hydrogen-bond acceptors (Lipinski definition) is 2. The van der Waals surface area contributed by atoms with Crippen LogP contribution in [-0.4, -0.2) is 28.6 Å². The third-order valence-electron chi connectivity index (χ3n) is 3.89. The molecule has 2 rings (SSSR count). The van der Waals surface area contributed by atoms with Gasteiger partial charge in [-0.1, -0.05) is 12.1 Å². The Labute approximate surface area is 122 Å². The second-order valence-corrected chi connectivity index (χ2v) is 5.25. The second-order valence-electron chi connectivity index (χ2n) is 5.25. The Kier molecular flexibility index (Phi) is 5.07. The molecule has 1 N–H and O–H groups in total. The summed E-state index contributed by atoms with van der Waals surface area (Å²) in [6, 6.07) is 3.08. The number of piperidine rings is 1. The number of carbonyl (C=O) groups excluding carboxylic acids is 1. The fraction of sp³-hybridized carbons (Fsp3) is 0.438. The van der Waals surface area contributed by atoms with Gasteiger partial charge in [0.05, 0.1) is 18.7 Å². The first-order valence-corrected chi connectivity index (χ1v) is 7.06. The molecule has 5 heteroatoms. The highest BCUT2D eigenvalue weighted by Crippen LogP contribution is 2.35. The Balaban J connectivity index is 2.34. The lowest BCUT2D eigenvalue weighted by atomic mass is 9.90. The Morgan fingerprint density at radius 1 is 1.38 bits per heavy atom. The van der Waals surface area contributed by atoms with Crippen molar-refractivity contribution in [2.24, 2.45) is 0 Å². The Bertz CT molecular complexity index is 533. The molecular formula is C16H19F2NO2. The van der Waals surface area contributed by atoms with Gasteiger partial charge in [-0.05, 0) is 37.0 Å². The molecule has 0 saturated carbocycles. The van der Waals surface area contributed by atoms with Crippen LogP contribution in [0.2, 0.25) is 0 Å². The third-order valence-corrected chi connectivity index (χ3v) is 3.89. The van der Waals surface area contributed by atoms with E-state index in [4.69, 9.17) is 0 Å². The number of benzene rings is 1. The molecule has 0 aliphatic carbocycles. The maximum absolute atomic E-state index is 13.4. The van der Waals surface area contributed by atoms with Crippen LogP contribution in [0.3, 0.4) is 0 Å². The second kappa shape index (κ2) is 6.80. The first-order chi connectivity index (χ1) is 10.1. The lowest BCUT2D eigenvalue weighted by Gasteiger charge is -2.42. The summed E-state index contributed by atoms with van der Waals surface area (Å²) in [5, 5.41) is 9.49. The molecule has 0 radical (unpaired) electrons. The zero-order valence-electron chi connectivity index (χ0n) is 11.8. The highest BCUT2D eigenvalue weighted by atomic mass is 19.2. The van der Waals surface area contributed by atoms with Gasteiger partial charge in [0, 0.05) is 6.42 Å². The molecule has 1 fully saturated rings. The van der Waals surface area contributed by atoms with Crippen molar-refractivity contribution in [3.05, 3.63) is 48.1 Å². The van der Waals surface area contributed by atoms with E-state index in [9.17, 15) is 18.7 Å². The van der Waals surface area contributed by atoms with Crippen molar-refractivity contribution in [2.75, 3.05) is 6.61 Å². The molecule has 1 heterocycles. The van der Waals surface area contributed by atoms with Crippen molar-refractivity contribution < 1.29 is 18.7 Å². The van der Waals surface area contributed by atoms with E-state index in [2.05, 4.69) is 6.58 Å². The number of amides is 1. The minimum atomic E-state index is -0.922. The monoisotopic (exact) mass is 295 g/mol. The molecule has 3 nitrogen and oxygen atoms in total. The van der Waals surface area contributed by atoms with Gasteiger partial charge in [-0.15, -0.1) is 6.58 Å². The molecule has 1 aliphatic heterocycles. The summed E-state index contributed by atoms with van der Waals surface area (Å²) in [5.41, 5.74) is 0.560. The van der Waals surface area contributed by atoms with Crippen LogP contribution in [0.4, 0.5) is 8.78 Å². The van der Waals surface area contributed by atoms with Gasteiger partial charge in [-0.2, -0.15) is 0 Å². The topological polar surface area (TPSA) is 40.5 Å². The molecule has 2 atom stereocenters. The standard InChI is InChI=1S/C16H19F2NO2/c1-2-4-16(21)19-12(10-20)5-3-6-15(19)11-7-8-13(17)14(18)9-11/h2,7-9,12,15,20H,1,3-6,10H2. The summed E-state index contributed by atoms with van der Waals surface area (Å²) in [5.74, 6) is -1.98. The normalized spacial score (nSPS) is 22.1. The number of likely N-dealkylation sites (tertiary alicyclic amines) is 1. The SMILES string of the molecule is C=CCC(=O)N1C(CO)CCCC1c1ccc(F)c(F)c1. The maximum atomic E-state index is 13.4. The first-order valence-electron chi connectivity index (χ1n) is 7.06. The minimum absolute atomic E-state index is 0.136. The van der Waals surface area contributed by atoms with Crippen LogP contribution in [0.25, 0.3) is 0 Å². The molecule has 1 aliphatic rings. The molecular weight excluding hydrogens is 276 g/mol. The van der Waals surface area contributed by atoms with E-state index in [1.807, 2.05) is 0 Å². The number of halogens is 2. The molecule has 1 aromatic rings. The van der Waals surface area contributed by atoms with E-state index in [1.165, 1.54) is 12.1 Å². The smallest absolute Gasteiger partial charge is 0.227 e. The third kappa shape index (κ3) is 3.29. The number of aliphatic hydroxyl groups excluding tert-OH is 1. The lowest BCUT2D eigenvalue weighted by Crippen LogP contribution is -2.47. The zero-order chi connectivity index (χ0) is 15.4. The summed E-state index contributed by atoms with van der Waals surface area (Å²) in [6.07, 6.45) is 3.88. The number of aliphatic hydroxyl groups is 1. The first kappa shape index (κ1) is 15.6. The van der Waals surface area contributed by atoms with Gasteiger partial charge in [0.1, 0.15) is 0 Å². The highest BCUT2D eigenvalue weighted by Gasteiger charge is 2.34. The summed E-state index contributed by atoms with van der Waals surface area (Å²) >= 11 is 0. The molecule has 1 amide bonds. The van der Waals surface area contributed by atoms with Crippen LogP contribution >= 0.6 is 0 Å². The largest absolute Gasteiger partial charge is 0.394 e. The Morgan fingerprint density at radius 3 is 2.76 bits per heavy atom. The van der Waals surface area contributed by atoms with Crippen molar-refractivity contribution in [2.45, 2.75) is 37.8 Å². The van der Waals surface area contributed by atoms with Gasteiger partial charge < -0.3 is 10.0 Å². The van der Waals surface area contributed by atoms with Gasteiger partial charge in [0.25, 0.3) is 0 Å². The Hall–Kier alpha value is -1.75. The van der Waals surface area contributed by atoms with E-state index in [0.29, 0.717) is 18.4 Å². The zero-order valence-corrected chi connectivity index (χ0v) is 11.8. The summed E-state index contributed by atoms with van der Waals surface area (Å²) in [4.78, 5) is 13.9. The highest BCUT2D eigenvalue weighted by molar-refractivity contribution is 5.78. The van der Waals surface area contributed by atoms with Gasteiger partial charge in [0.2, 0.25) is 5.91 Å². The van der Waals surface area contributed by atoms with Gasteiger partial charge in [-0.3, -0.25) is 4.79 Å². The predicted octanol–water partition coefficient (Wildman–Crippen LogP) is 2.96. The average molecular weight is 295 g/mol. The molecule has 21 heavy (non-hydrogen) atoms. The summed E-state index contributed by atoms with van der Waals surface area (Å²) < 4.78 is 26.5. The van der Waals surface area contributed by atoms with Gasteiger partial charge >= 0.3 is 0 Å². The van der Waals surface area contributed by atoms with Crippen molar-refractivity contribution in [3.8, 4) is 0 Å². The fourth-order valence-corrected chi connectivity index (χ4v) is 2.91. The predicted molar refractivity (Wildman–Crippen MR) is 75.5 cm³/mol. The van der Waals surface area contributed by atoms with Crippen LogP contribution in [0, 0.1) is 11.6 Å². The van der Waals surface area contributed by atoms with Crippen molar-refractivity contribution in [3.63, 3.8) is 0 Å². The van der Waals surface area contributed by atoms with Crippen molar-refractivity contribution in [1.29, 1.82) is 0 Å². The average Bonchev–Trinajstić information content (AvgIpc) is 2.49.